The van der Waals surface area contributed by atoms with Gasteiger partial charge in [-0.05, 0) is 12.1 Å². The summed E-state index contributed by atoms with van der Waals surface area (Å²) >= 11 is 0. The van der Waals surface area contributed by atoms with Gasteiger partial charge in [0.15, 0.2) is 0 Å². The van der Waals surface area contributed by atoms with Crippen LogP contribution in [0.3, 0.4) is 0 Å². The van der Waals surface area contributed by atoms with E-state index in [0.29, 0.717) is 0 Å². The topological polar surface area (TPSA) is 33.7 Å². The van der Waals surface area contributed by atoms with E-state index in [9.17, 15) is 0 Å². The van der Waals surface area contributed by atoms with Crippen molar-refractivity contribution in [3.05, 3.63) is 24.3 Å². The molecule has 4 nitrogen and oxygen atoms in total. The molecule has 1 N–H and O–H groups in total. The smallest absolute Gasteiger partial charge is 0.121 e. The van der Waals surface area contributed by atoms with Crippen molar-refractivity contribution in [2.75, 3.05) is 51.8 Å². The Labute approximate surface area is 103 Å². The number of anilines is 1. The van der Waals surface area contributed by atoms with Crippen LogP contribution in [0.2, 0.25) is 0 Å². The van der Waals surface area contributed by atoms with E-state index in [1.165, 1.54) is 0 Å². The van der Waals surface area contributed by atoms with Crippen LogP contribution in [-0.2, 0) is 4.74 Å². The van der Waals surface area contributed by atoms with Crippen LogP contribution in [0.25, 0.3) is 0 Å². The van der Waals surface area contributed by atoms with E-state index in [1.54, 1.807) is 0 Å². The first-order valence-electron chi connectivity index (χ1n) is 6.09. The molecular weight excluding hydrogens is 216 g/mol. The lowest BCUT2D eigenvalue weighted by molar-refractivity contribution is 0.0322. The number of benzene rings is 1. The summed E-state index contributed by atoms with van der Waals surface area (Å²) in [5.74, 6) is 0.921. The highest BCUT2D eigenvalue weighted by Crippen LogP contribution is 2.16. The zero-order chi connectivity index (χ0) is 11.9. The van der Waals surface area contributed by atoms with Crippen molar-refractivity contribution in [2.45, 2.75) is 0 Å². The molecule has 0 atom stereocenters. The third-order valence-corrected chi connectivity index (χ3v) is 2.90. The van der Waals surface area contributed by atoms with Crippen LogP contribution in [0, 0.1) is 0 Å². The molecule has 0 bridgehead atoms. The summed E-state index contributed by atoms with van der Waals surface area (Å²) in [6, 6.07) is 8.02. The molecule has 1 heterocycles. The van der Waals surface area contributed by atoms with Gasteiger partial charge in [0.1, 0.15) is 12.4 Å². The van der Waals surface area contributed by atoms with E-state index >= 15 is 0 Å². The Morgan fingerprint density at radius 3 is 2.94 bits per heavy atom. The first kappa shape index (κ1) is 12.2. The standard InChI is InChI=1S/C13H20N2O2/c1-14-12-3-2-4-13(11-12)17-10-7-15-5-8-16-9-6-15/h2-4,11,14H,5-10H2,1H3. The summed E-state index contributed by atoms with van der Waals surface area (Å²) in [6.45, 7) is 5.41. The predicted octanol–water partition coefficient (Wildman–Crippen LogP) is 1.44. The molecule has 94 valence electrons. The average Bonchev–Trinajstić information content (AvgIpc) is 2.40. The lowest BCUT2D eigenvalue weighted by Gasteiger charge is -2.26. The third kappa shape index (κ3) is 3.91. The lowest BCUT2D eigenvalue weighted by Crippen LogP contribution is -2.38. The van der Waals surface area contributed by atoms with Gasteiger partial charge < -0.3 is 14.8 Å². The zero-order valence-corrected chi connectivity index (χ0v) is 10.3. The number of hydrogen-bond acceptors (Lipinski definition) is 4. The maximum atomic E-state index is 5.73. The van der Waals surface area contributed by atoms with Crippen LogP contribution in [0.4, 0.5) is 5.69 Å². The first-order chi connectivity index (χ1) is 8.38. The van der Waals surface area contributed by atoms with E-state index in [2.05, 4.69) is 10.2 Å². The summed E-state index contributed by atoms with van der Waals surface area (Å²) in [6.07, 6.45) is 0. The Morgan fingerprint density at radius 1 is 1.35 bits per heavy atom. The molecule has 1 aromatic carbocycles. The van der Waals surface area contributed by atoms with Gasteiger partial charge in [0.05, 0.1) is 13.2 Å². The predicted molar refractivity (Wildman–Crippen MR) is 68.7 cm³/mol. The monoisotopic (exact) mass is 236 g/mol. The minimum Gasteiger partial charge on any atom is -0.492 e. The molecule has 1 fully saturated rings. The molecule has 0 radical (unpaired) electrons. The van der Waals surface area contributed by atoms with Gasteiger partial charge >= 0.3 is 0 Å². The quantitative estimate of drug-likeness (QED) is 0.838. The van der Waals surface area contributed by atoms with Crippen LogP contribution in [0.15, 0.2) is 24.3 Å². The summed E-state index contributed by atoms with van der Waals surface area (Å²) < 4.78 is 11.0. The van der Waals surface area contributed by atoms with Crippen LogP contribution in [0.1, 0.15) is 0 Å². The normalized spacial score (nSPS) is 16.8. The highest BCUT2D eigenvalue weighted by Gasteiger charge is 2.09. The zero-order valence-electron chi connectivity index (χ0n) is 10.3. The van der Waals surface area contributed by atoms with Crippen LogP contribution >= 0.6 is 0 Å². The highest BCUT2D eigenvalue weighted by molar-refractivity contribution is 5.47. The van der Waals surface area contributed by atoms with E-state index in [0.717, 1.165) is 50.9 Å². The van der Waals surface area contributed by atoms with Crippen LogP contribution in [0.5, 0.6) is 5.75 Å². The Morgan fingerprint density at radius 2 is 2.18 bits per heavy atom. The summed E-state index contributed by atoms with van der Waals surface area (Å²) in [5, 5.41) is 3.10. The van der Waals surface area contributed by atoms with Crippen LogP contribution < -0.4 is 10.1 Å². The van der Waals surface area contributed by atoms with Gasteiger partial charge in [0, 0.05) is 38.4 Å². The SMILES string of the molecule is CNc1cccc(OCCN2CCOCC2)c1. The number of ether oxygens (including phenoxy) is 2. The van der Waals surface area contributed by atoms with Gasteiger partial charge in [0.2, 0.25) is 0 Å². The van der Waals surface area contributed by atoms with Crippen molar-refractivity contribution >= 4 is 5.69 Å². The molecule has 0 aliphatic carbocycles. The third-order valence-electron chi connectivity index (χ3n) is 2.90. The molecule has 1 aliphatic heterocycles. The maximum Gasteiger partial charge on any atom is 0.121 e. The second kappa shape index (κ2) is 6.47. The molecule has 17 heavy (non-hydrogen) atoms. The second-order valence-corrected chi connectivity index (χ2v) is 4.08. The van der Waals surface area contributed by atoms with Crippen molar-refractivity contribution in [1.29, 1.82) is 0 Å². The maximum absolute atomic E-state index is 5.73. The lowest BCUT2D eigenvalue weighted by atomic mass is 10.3. The van der Waals surface area contributed by atoms with Gasteiger partial charge in [-0.25, -0.2) is 0 Å². The number of nitrogens with zero attached hydrogens (tertiary/aromatic N) is 1. The molecule has 1 aliphatic rings. The van der Waals surface area contributed by atoms with Crippen molar-refractivity contribution in [3.8, 4) is 5.75 Å². The molecule has 0 amide bonds. The van der Waals surface area contributed by atoms with Gasteiger partial charge in [0.25, 0.3) is 0 Å². The fourth-order valence-corrected chi connectivity index (χ4v) is 1.86. The first-order valence-corrected chi connectivity index (χ1v) is 6.09. The van der Waals surface area contributed by atoms with E-state index in [1.807, 2.05) is 31.3 Å². The van der Waals surface area contributed by atoms with E-state index in [-0.39, 0.29) is 0 Å². The molecule has 2 rings (SSSR count). The summed E-state index contributed by atoms with van der Waals surface area (Å²) in [7, 11) is 1.91. The Hall–Kier alpha value is -1.26. The van der Waals surface area contributed by atoms with Crippen molar-refractivity contribution < 1.29 is 9.47 Å². The van der Waals surface area contributed by atoms with Gasteiger partial charge in [-0.1, -0.05) is 6.07 Å². The second-order valence-electron chi connectivity index (χ2n) is 4.08. The van der Waals surface area contributed by atoms with Crippen LogP contribution in [-0.4, -0.2) is 51.4 Å². The highest BCUT2D eigenvalue weighted by atomic mass is 16.5. The fraction of sp³-hybridized carbons (Fsp3) is 0.538. The molecule has 0 spiro atoms. The Bertz CT molecular complexity index is 338. The molecule has 4 heteroatoms. The molecular formula is C13H20N2O2. The number of hydrogen-bond donors (Lipinski definition) is 1. The molecule has 0 unspecified atom stereocenters. The van der Waals surface area contributed by atoms with Gasteiger partial charge in [-0.15, -0.1) is 0 Å². The Kier molecular flexibility index (Phi) is 4.64. The number of nitrogens with one attached hydrogen (secondary N) is 1. The molecule has 0 saturated carbocycles. The molecule has 1 aromatic rings. The largest absolute Gasteiger partial charge is 0.492 e. The van der Waals surface area contributed by atoms with E-state index < -0.39 is 0 Å². The Balaban J connectivity index is 1.73. The minimum atomic E-state index is 0.729. The van der Waals surface area contributed by atoms with E-state index in [4.69, 9.17) is 9.47 Å². The van der Waals surface area contributed by atoms with Crippen molar-refractivity contribution in [1.82, 2.24) is 4.90 Å². The number of morpholine rings is 1. The van der Waals surface area contributed by atoms with Crippen molar-refractivity contribution in [3.63, 3.8) is 0 Å². The van der Waals surface area contributed by atoms with Crippen molar-refractivity contribution in [2.24, 2.45) is 0 Å². The molecule has 0 aromatic heterocycles. The number of rotatable bonds is 5. The molecule has 1 saturated heterocycles. The fourth-order valence-electron chi connectivity index (χ4n) is 1.86. The van der Waals surface area contributed by atoms with Gasteiger partial charge in [-0.2, -0.15) is 0 Å². The summed E-state index contributed by atoms with van der Waals surface area (Å²) in [5.41, 5.74) is 1.08. The average molecular weight is 236 g/mol. The summed E-state index contributed by atoms with van der Waals surface area (Å²) in [4.78, 5) is 2.37. The minimum absolute atomic E-state index is 0.729. The van der Waals surface area contributed by atoms with Gasteiger partial charge in [-0.3, -0.25) is 4.90 Å².